The van der Waals surface area contributed by atoms with Crippen LogP contribution in [0.15, 0.2) is 48.5 Å². The first-order valence-electron chi connectivity index (χ1n) is 7.64. The zero-order valence-electron chi connectivity index (χ0n) is 13.5. The summed E-state index contributed by atoms with van der Waals surface area (Å²) in [6.07, 6.45) is -4.37. The molecule has 0 spiro atoms. The van der Waals surface area contributed by atoms with Crippen molar-refractivity contribution in [3.05, 3.63) is 54.1 Å². The number of likely N-dealkylation sites (N-methyl/N-ethyl adjacent to an activating group) is 1. The van der Waals surface area contributed by atoms with Gasteiger partial charge in [0.15, 0.2) is 0 Å². The van der Waals surface area contributed by atoms with Gasteiger partial charge in [-0.15, -0.1) is 0 Å². The molecule has 0 bridgehead atoms. The Labute approximate surface area is 138 Å². The highest BCUT2D eigenvalue weighted by Crippen LogP contribution is 2.33. The van der Waals surface area contributed by atoms with Gasteiger partial charge in [0.2, 0.25) is 0 Å². The molecule has 0 aliphatic rings. The molecule has 3 nitrogen and oxygen atoms in total. The van der Waals surface area contributed by atoms with E-state index in [1.165, 1.54) is 6.07 Å². The molecule has 0 aliphatic heterocycles. The van der Waals surface area contributed by atoms with Crippen LogP contribution in [-0.4, -0.2) is 35.1 Å². The van der Waals surface area contributed by atoms with Crippen LogP contribution < -0.4 is 0 Å². The van der Waals surface area contributed by atoms with Crippen molar-refractivity contribution in [2.75, 3.05) is 20.6 Å². The number of nitrogens with zero attached hydrogens (tertiary/aromatic N) is 3. The third-order valence-corrected chi connectivity index (χ3v) is 3.88. The van der Waals surface area contributed by atoms with E-state index in [-0.39, 0.29) is 0 Å². The molecule has 0 saturated heterocycles. The summed E-state index contributed by atoms with van der Waals surface area (Å²) in [5.74, 6) is 0.687. The molecule has 0 amide bonds. The van der Waals surface area contributed by atoms with E-state index in [0.717, 1.165) is 24.2 Å². The number of halogens is 3. The third kappa shape index (κ3) is 3.28. The normalized spacial score (nSPS) is 12.2. The van der Waals surface area contributed by atoms with Gasteiger partial charge in [0, 0.05) is 18.7 Å². The molecule has 3 aromatic rings. The average Bonchev–Trinajstić information content (AvgIpc) is 2.90. The van der Waals surface area contributed by atoms with Crippen molar-refractivity contribution < 1.29 is 13.2 Å². The first-order valence-corrected chi connectivity index (χ1v) is 7.64. The Bertz CT molecular complexity index is 836. The van der Waals surface area contributed by atoms with E-state index < -0.39 is 11.7 Å². The summed E-state index contributed by atoms with van der Waals surface area (Å²) in [4.78, 5) is 6.51. The fourth-order valence-electron chi connectivity index (χ4n) is 2.64. The second-order valence-corrected chi connectivity index (χ2v) is 5.96. The topological polar surface area (TPSA) is 21.1 Å². The van der Waals surface area contributed by atoms with Crippen LogP contribution in [0.4, 0.5) is 13.2 Å². The summed E-state index contributed by atoms with van der Waals surface area (Å²) in [5.41, 5.74) is 1.29. The van der Waals surface area contributed by atoms with E-state index in [2.05, 4.69) is 4.98 Å². The largest absolute Gasteiger partial charge is 0.416 e. The van der Waals surface area contributed by atoms with Crippen molar-refractivity contribution in [2.24, 2.45) is 0 Å². The van der Waals surface area contributed by atoms with E-state index in [9.17, 15) is 13.2 Å². The fraction of sp³-hybridized carbons (Fsp3) is 0.278. The summed E-state index contributed by atoms with van der Waals surface area (Å²) in [6.45, 7) is 1.42. The minimum atomic E-state index is -4.37. The molecular formula is C18H18F3N3. The van der Waals surface area contributed by atoms with Crippen LogP contribution in [0.5, 0.6) is 0 Å². The minimum Gasteiger partial charge on any atom is -0.323 e. The molecule has 126 valence electrons. The van der Waals surface area contributed by atoms with Crippen LogP contribution in [-0.2, 0) is 12.7 Å². The van der Waals surface area contributed by atoms with Gasteiger partial charge in [-0.25, -0.2) is 4.98 Å². The second kappa shape index (κ2) is 6.28. The van der Waals surface area contributed by atoms with Gasteiger partial charge in [0.25, 0.3) is 0 Å². The van der Waals surface area contributed by atoms with Crippen LogP contribution in [0.2, 0.25) is 0 Å². The summed E-state index contributed by atoms with van der Waals surface area (Å²) < 4.78 is 40.9. The van der Waals surface area contributed by atoms with Gasteiger partial charge in [-0.05, 0) is 32.3 Å². The molecule has 0 saturated carbocycles. The predicted molar refractivity (Wildman–Crippen MR) is 88.7 cm³/mol. The van der Waals surface area contributed by atoms with E-state index in [4.69, 9.17) is 0 Å². The fourth-order valence-corrected chi connectivity index (χ4v) is 2.64. The van der Waals surface area contributed by atoms with Gasteiger partial charge in [-0.2, -0.15) is 13.2 Å². The minimum absolute atomic E-state index is 0.363. The number of alkyl halides is 3. The Morgan fingerprint density at radius 1 is 1.04 bits per heavy atom. The molecule has 0 aliphatic carbocycles. The van der Waals surface area contributed by atoms with Crippen LogP contribution >= 0.6 is 0 Å². The van der Waals surface area contributed by atoms with Crippen LogP contribution in [0.25, 0.3) is 22.4 Å². The molecule has 1 aromatic heterocycles. The zero-order chi connectivity index (χ0) is 17.3. The summed E-state index contributed by atoms with van der Waals surface area (Å²) in [5, 5.41) is 0. The lowest BCUT2D eigenvalue weighted by atomic mass is 10.2. The summed E-state index contributed by atoms with van der Waals surface area (Å²) >= 11 is 0. The van der Waals surface area contributed by atoms with Crippen LogP contribution in [0.3, 0.4) is 0 Å². The van der Waals surface area contributed by atoms with E-state index in [1.807, 2.05) is 53.9 Å². The first kappa shape index (κ1) is 16.5. The van der Waals surface area contributed by atoms with Gasteiger partial charge < -0.3 is 9.47 Å². The second-order valence-electron chi connectivity index (χ2n) is 5.96. The van der Waals surface area contributed by atoms with Gasteiger partial charge >= 0.3 is 6.18 Å². The van der Waals surface area contributed by atoms with Gasteiger partial charge in [0.1, 0.15) is 5.82 Å². The van der Waals surface area contributed by atoms with Crippen molar-refractivity contribution in [1.82, 2.24) is 14.5 Å². The maximum absolute atomic E-state index is 13.0. The zero-order valence-corrected chi connectivity index (χ0v) is 13.5. The van der Waals surface area contributed by atoms with Crippen molar-refractivity contribution in [2.45, 2.75) is 12.7 Å². The third-order valence-electron chi connectivity index (χ3n) is 3.88. The lowest BCUT2D eigenvalue weighted by molar-refractivity contribution is -0.137. The molecule has 3 rings (SSSR count). The molecule has 0 N–H and O–H groups in total. The molecule has 0 atom stereocenters. The van der Waals surface area contributed by atoms with Gasteiger partial charge in [-0.3, -0.25) is 0 Å². The van der Waals surface area contributed by atoms with E-state index in [1.54, 1.807) is 0 Å². The van der Waals surface area contributed by atoms with Crippen LogP contribution in [0, 0.1) is 0 Å². The first-order chi connectivity index (χ1) is 11.4. The number of imidazole rings is 1. The number of hydrogen-bond acceptors (Lipinski definition) is 2. The van der Waals surface area contributed by atoms with E-state index >= 15 is 0 Å². The number of aromatic nitrogens is 2. The molecule has 0 fully saturated rings. The van der Waals surface area contributed by atoms with Crippen molar-refractivity contribution >= 4 is 11.0 Å². The van der Waals surface area contributed by atoms with Gasteiger partial charge in [-0.1, -0.05) is 30.3 Å². The maximum atomic E-state index is 13.0. The Hall–Kier alpha value is -2.34. The number of benzene rings is 2. The molecule has 2 aromatic carbocycles. The SMILES string of the molecule is CN(C)CCn1c(-c2ccccc2)nc2cc(C(F)(F)F)ccc21. The lowest BCUT2D eigenvalue weighted by Gasteiger charge is -2.13. The molecule has 1 heterocycles. The van der Waals surface area contributed by atoms with Crippen molar-refractivity contribution in [3.63, 3.8) is 0 Å². The standard InChI is InChI=1S/C18H18F3N3/c1-23(2)10-11-24-16-9-8-14(18(19,20)21)12-15(16)22-17(24)13-6-4-3-5-7-13/h3-9,12H,10-11H2,1-2H3. The van der Waals surface area contributed by atoms with Gasteiger partial charge in [0.05, 0.1) is 16.6 Å². The monoisotopic (exact) mass is 333 g/mol. The van der Waals surface area contributed by atoms with Crippen molar-refractivity contribution in [1.29, 1.82) is 0 Å². The quantitative estimate of drug-likeness (QED) is 0.710. The molecule has 24 heavy (non-hydrogen) atoms. The molecule has 0 unspecified atom stereocenters. The highest BCUT2D eigenvalue weighted by atomic mass is 19.4. The molecular weight excluding hydrogens is 315 g/mol. The average molecular weight is 333 g/mol. The number of fused-ring (bicyclic) bond motifs is 1. The molecule has 6 heteroatoms. The van der Waals surface area contributed by atoms with Crippen LogP contribution in [0.1, 0.15) is 5.56 Å². The molecule has 0 radical (unpaired) electrons. The van der Waals surface area contributed by atoms with Crippen molar-refractivity contribution in [3.8, 4) is 11.4 Å². The Morgan fingerprint density at radius 3 is 2.38 bits per heavy atom. The highest BCUT2D eigenvalue weighted by Gasteiger charge is 2.31. The Morgan fingerprint density at radius 2 is 1.75 bits per heavy atom. The highest BCUT2D eigenvalue weighted by molar-refractivity contribution is 5.81. The van der Waals surface area contributed by atoms with E-state index in [0.29, 0.717) is 23.4 Å². The summed E-state index contributed by atoms with van der Waals surface area (Å²) in [6, 6.07) is 13.3. The number of hydrogen-bond donors (Lipinski definition) is 0. The Kier molecular flexibility index (Phi) is 4.32. The smallest absolute Gasteiger partial charge is 0.323 e. The maximum Gasteiger partial charge on any atom is 0.416 e. The Balaban J connectivity index is 2.15. The summed E-state index contributed by atoms with van der Waals surface area (Å²) in [7, 11) is 3.92. The lowest BCUT2D eigenvalue weighted by Crippen LogP contribution is -2.18. The predicted octanol–water partition coefficient (Wildman–Crippen LogP) is 4.28. The number of rotatable bonds is 4.